The minimum atomic E-state index is -0.288. The molecule has 1 saturated heterocycles. The molecule has 1 aromatic heterocycles. The van der Waals surface area contributed by atoms with Crippen LogP contribution in [-0.4, -0.2) is 64.6 Å². The number of rotatable bonds is 5. The van der Waals surface area contributed by atoms with Gasteiger partial charge in [0.15, 0.2) is 0 Å². The van der Waals surface area contributed by atoms with Crippen molar-refractivity contribution in [1.82, 2.24) is 14.8 Å². The van der Waals surface area contributed by atoms with Crippen LogP contribution in [0, 0.1) is 12.7 Å². The van der Waals surface area contributed by atoms with Crippen LogP contribution in [0.3, 0.4) is 0 Å². The van der Waals surface area contributed by atoms with Crippen LogP contribution < -0.4 is 0 Å². The number of benzene rings is 1. The quantitative estimate of drug-likeness (QED) is 0.871. The van der Waals surface area contributed by atoms with Crippen LogP contribution in [0.4, 0.5) is 4.39 Å². The van der Waals surface area contributed by atoms with Gasteiger partial charge in [0, 0.05) is 48.8 Å². The zero-order chi connectivity index (χ0) is 18.0. The molecule has 2 N–H and O–H groups in total. The number of piperazine rings is 1. The van der Waals surface area contributed by atoms with Crippen LogP contribution in [0.2, 0.25) is 0 Å². The molecular weight excluding hydrogens is 321 g/mol. The highest BCUT2D eigenvalue weighted by Gasteiger charge is 2.25. The lowest BCUT2D eigenvalue weighted by molar-refractivity contribution is -0.132. The number of halogens is 1. The maximum Gasteiger partial charge on any atom is 0.227 e. The molecule has 1 amide bonds. The molecule has 136 valence electrons. The Kier molecular flexibility index (Phi) is 5.39. The summed E-state index contributed by atoms with van der Waals surface area (Å²) < 4.78 is 13.6. The van der Waals surface area contributed by atoms with Gasteiger partial charge in [0.1, 0.15) is 5.82 Å². The van der Waals surface area contributed by atoms with Crippen LogP contribution >= 0.6 is 0 Å². The third-order valence-corrected chi connectivity index (χ3v) is 5.27. The third-order valence-electron chi connectivity index (χ3n) is 5.27. The molecule has 2 aromatic rings. The Morgan fingerprint density at radius 1 is 1.32 bits per heavy atom. The molecule has 0 aliphatic carbocycles. The molecule has 1 aliphatic heterocycles. The Hall–Kier alpha value is -1.92. The minimum Gasteiger partial charge on any atom is -0.395 e. The fraction of sp³-hybridized carbons (Fsp3) is 0.526. The summed E-state index contributed by atoms with van der Waals surface area (Å²) in [5.41, 5.74) is 2.66. The first kappa shape index (κ1) is 17.9. The molecule has 6 heteroatoms. The van der Waals surface area contributed by atoms with Gasteiger partial charge >= 0.3 is 0 Å². The Bertz CT molecular complexity index is 746. The predicted molar refractivity (Wildman–Crippen MR) is 96.0 cm³/mol. The van der Waals surface area contributed by atoms with E-state index in [-0.39, 0.29) is 30.8 Å². The first-order valence-corrected chi connectivity index (χ1v) is 8.92. The fourth-order valence-electron chi connectivity index (χ4n) is 3.68. The number of aliphatic hydroxyl groups excluding tert-OH is 1. The normalized spacial score (nSPS) is 17.2. The molecule has 5 nitrogen and oxygen atoms in total. The van der Waals surface area contributed by atoms with E-state index < -0.39 is 0 Å². The standard InChI is InChI=1S/C19H26FN3O2/c1-3-15(12-24)22-6-8-23(9-7-22)19(25)11-16-13(2)21-18-5-4-14(20)10-17(16)18/h4-5,10,15,21,24H,3,6-9,11-12H2,1-2H3. The van der Waals surface area contributed by atoms with E-state index in [0.29, 0.717) is 13.1 Å². The van der Waals surface area contributed by atoms with Gasteiger partial charge in [0.2, 0.25) is 5.91 Å². The SMILES string of the molecule is CCC(CO)N1CCN(C(=O)Cc2c(C)[nH]c3ccc(F)cc23)CC1. The Morgan fingerprint density at radius 2 is 2.04 bits per heavy atom. The third kappa shape index (κ3) is 3.70. The van der Waals surface area contributed by atoms with Crippen molar-refractivity contribution in [3.05, 3.63) is 35.3 Å². The monoisotopic (exact) mass is 347 g/mol. The molecule has 1 aliphatic rings. The number of hydrogen-bond acceptors (Lipinski definition) is 3. The van der Waals surface area contributed by atoms with Crippen molar-refractivity contribution in [3.63, 3.8) is 0 Å². The number of aromatic amines is 1. The van der Waals surface area contributed by atoms with Crippen LogP contribution in [0.15, 0.2) is 18.2 Å². The van der Waals surface area contributed by atoms with E-state index in [1.165, 1.54) is 12.1 Å². The highest BCUT2D eigenvalue weighted by atomic mass is 19.1. The number of amides is 1. The first-order valence-electron chi connectivity index (χ1n) is 8.92. The van der Waals surface area contributed by atoms with E-state index in [4.69, 9.17) is 0 Å². The maximum absolute atomic E-state index is 13.6. The number of hydrogen-bond donors (Lipinski definition) is 2. The number of fused-ring (bicyclic) bond motifs is 1. The number of carbonyl (C=O) groups excluding carboxylic acids is 1. The van der Waals surface area contributed by atoms with Gasteiger partial charge in [0.05, 0.1) is 13.0 Å². The van der Waals surface area contributed by atoms with Crippen LogP contribution in [-0.2, 0) is 11.2 Å². The van der Waals surface area contributed by atoms with Gasteiger partial charge in [-0.1, -0.05) is 6.92 Å². The van der Waals surface area contributed by atoms with Crippen molar-refractivity contribution in [3.8, 4) is 0 Å². The zero-order valence-corrected chi connectivity index (χ0v) is 14.9. The number of aliphatic hydroxyl groups is 1. The molecule has 1 aromatic carbocycles. The number of H-pyrrole nitrogens is 1. The van der Waals surface area contributed by atoms with E-state index in [0.717, 1.165) is 41.7 Å². The smallest absolute Gasteiger partial charge is 0.227 e. The summed E-state index contributed by atoms with van der Waals surface area (Å²) in [5.74, 6) is -0.214. The van der Waals surface area contributed by atoms with Crippen molar-refractivity contribution in [2.45, 2.75) is 32.7 Å². The average molecular weight is 347 g/mol. The van der Waals surface area contributed by atoms with Crippen molar-refractivity contribution in [2.24, 2.45) is 0 Å². The van der Waals surface area contributed by atoms with Gasteiger partial charge < -0.3 is 15.0 Å². The van der Waals surface area contributed by atoms with E-state index in [2.05, 4.69) is 16.8 Å². The summed E-state index contributed by atoms with van der Waals surface area (Å²) in [6.45, 7) is 7.06. The second-order valence-corrected chi connectivity index (χ2v) is 6.76. The van der Waals surface area contributed by atoms with Gasteiger partial charge in [0.25, 0.3) is 0 Å². The molecule has 1 unspecified atom stereocenters. The largest absolute Gasteiger partial charge is 0.395 e. The molecule has 0 bridgehead atoms. The fourth-order valence-corrected chi connectivity index (χ4v) is 3.68. The minimum absolute atomic E-state index is 0.0740. The van der Waals surface area contributed by atoms with Crippen molar-refractivity contribution in [1.29, 1.82) is 0 Å². The first-order chi connectivity index (χ1) is 12.0. The van der Waals surface area contributed by atoms with Gasteiger partial charge in [-0.15, -0.1) is 0 Å². The van der Waals surface area contributed by atoms with Crippen LogP contribution in [0.5, 0.6) is 0 Å². The number of aryl methyl sites for hydroxylation is 1. The summed E-state index contributed by atoms with van der Waals surface area (Å²) >= 11 is 0. The lowest BCUT2D eigenvalue weighted by Gasteiger charge is -2.38. The topological polar surface area (TPSA) is 59.6 Å². The Labute approximate surface area is 147 Å². The highest BCUT2D eigenvalue weighted by molar-refractivity contribution is 5.90. The summed E-state index contributed by atoms with van der Waals surface area (Å²) in [6, 6.07) is 4.81. The number of carbonyl (C=O) groups is 1. The van der Waals surface area contributed by atoms with Crippen molar-refractivity contribution >= 4 is 16.8 Å². The van der Waals surface area contributed by atoms with Gasteiger partial charge in [-0.25, -0.2) is 4.39 Å². The van der Waals surface area contributed by atoms with Crippen LogP contribution in [0.25, 0.3) is 10.9 Å². The number of nitrogens with zero attached hydrogens (tertiary/aromatic N) is 2. The van der Waals surface area contributed by atoms with E-state index in [1.807, 2.05) is 11.8 Å². The maximum atomic E-state index is 13.6. The molecule has 0 saturated carbocycles. The molecule has 25 heavy (non-hydrogen) atoms. The predicted octanol–water partition coefficient (Wildman–Crippen LogP) is 2.07. The summed E-state index contributed by atoms with van der Waals surface area (Å²) in [4.78, 5) is 20.1. The highest BCUT2D eigenvalue weighted by Crippen LogP contribution is 2.24. The summed E-state index contributed by atoms with van der Waals surface area (Å²) in [6.07, 6.45) is 1.19. The van der Waals surface area contributed by atoms with Gasteiger partial charge in [-0.2, -0.15) is 0 Å². The lowest BCUT2D eigenvalue weighted by atomic mass is 10.1. The Morgan fingerprint density at radius 3 is 2.68 bits per heavy atom. The van der Waals surface area contributed by atoms with E-state index >= 15 is 0 Å². The molecule has 2 heterocycles. The average Bonchev–Trinajstić information content (AvgIpc) is 2.92. The molecule has 0 radical (unpaired) electrons. The van der Waals surface area contributed by atoms with Crippen molar-refractivity contribution in [2.75, 3.05) is 32.8 Å². The second-order valence-electron chi connectivity index (χ2n) is 6.76. The Balaban J connectivity index is 1.68. The molecule has 1 fully saturated rings. The molecule has 3 rings (SSSR count). The molecule has 1 atom stereocenters. The second kappa shape index (κ2) is 7.54. The van der Waals surface area contributed by atoms with E-state index in [9.17, 15) is 14.3 Å². The lowest BCUT2D eigenvalue weighted by Crippen LogP contribution is -2.53. The molecular formula is C19H26FN3O2. The summed E-state index contributed by atoms with van der Waals surface area (Å²) in [7, 11) is 0. The number of aromatic nitrogens is 1. The van der Waals surface area contributed by atoms with Gasteiger partial charge in [-0.05, 0) is 37.1 Å². The van der Waals surface area contributed by atoms with E-state index in [1.54, 1.807) is 6.07 Å². The van der Waals surface area contributed by atoms with Crippen molar-refractivity contribution < 1.29 is 14.3 Å². The van der Waals surface area contributed by atoms with Crippen LogP contribution in [0.1, 0.15) is 24.6 Å². The molecule has 0 spiro atoms. The number of nitrogens with one attached hydrogen (secondary N) is 1. The zero-order valence-electron chi connectivity index (χ0n) is 14.9. The summed E-state index contributed by atoms with van der Waals surface area (Å²) in [5, 5.41) is 10.2. The van der Waals surface area contributed by atoms with Gasteiger partial charge in [-0.3, -0.25) is 9.69 Å².